The summed E-state index contributed by atoms with van der Waals surface area (Å²) in [5.41, 5.74) is 4.14. The number of nitrogens with zero attached hydrogens (tertiary/aromatic N) is 3. The Balaban J connectivity index is 1.18. The highest BCUT2D eigenvalue weighted by molar-refractivity contribution is 5.95. The number of likely N-dealkylation sites (N-methyl/N-ethyl adjacent to an activating group) is 1. The van der Waals surface area contributed by atoms with Gasteiger partial charge in [-0.05, 0) is 66.6 Å². The molecule has 3 aliphatic heterocycles. The zero-order valence-electron chi connectivity index (χ0n) is 24.3. The third-order valence-corrected chi connectivity index (χ3v) is 8.10. The molecule has 0 saturated carbocycles. The molecule has 0 radical (unpaired) electrons. The van der Waals surface area contributed by atoms with E-state index in [1.165, 1.54) is 0 Å². The lowest BCUT2D eigenvalue weighted by molar-refractivity contribution is -0.123. The Bertz CT molecular complexity index is 1430. The zero-order chi connectivity index (χ0) is 29.1. The Morgan fingerprint density at radius 1 is 0.976 bits per heavy atom. The van der Waals surface area contributed by atoms with E-state index in [0.29, 0.717) is 49.9 Å². The highest BCUT2D eigenvalue weighted by Crippen LogP contribution is 2.33. The van der Waals surface area contributed by atoms with Crippen molar-refractivity contribution in [1.29, 1.82) is 0 Å². The number of carbonyl (C=O) groups excluding carboxylic acids is 2. The van der Waals surface area contributed by atoms with Gasteiger partial charge in [0.2, 0.25) is 11.8 Å². The van der Waals surface area contributed by atoms with Gasteiger partial charge in [-0.15, -0.1) is 0 Å². The maximum Gasteiger partial charge on any atom is 0.234 e. The molecule has 2 saturated heterocycles. The molecule has 0 spiro atoms. The van der Waals surface area contributed by atoms with Crippen LogP contribution in [0.4, 0.5) is 5.69 Å². The van der Waals surface area contributed by atoms with Crippen LogP contribution in [0.15, 0.2) is 66.7 Å². The van der Waals surface area contributed by atoms with Gasteiger partial charge in [-0.25, -0.2) is 0 Å². The number of methoxy groups -OCH3 is 1. The van der Waals surface area contributed by atoms with E-state index in [1.807, 2.05) is 71.4 Å². The predicted octanol–water partition coefficient (Wildman–Crippen LogP) is 3.95. The summed E-state index contributed by atoms with van der Waals surface area (Å²) in [4.78, 5) is 31.4. The van der Waals surface area contributed by atoms with Gasteiger partial charge >= 0.3 is 0 Å². The van der Waals surface area contributed by atoms with E-state index in [-0.39, 0.29) is 30.5 Å². The Kier molecular flexibility index (Phi) is 8.41. The number of carbonyl (C=O) groups is 2. The van der Waals surface area contributed by atoms with Gasteiger partial charge in [0.05, 0.1) is 32.4 Å². The lowest BCUT2D eigenvalue weighted by Gasteiger charge is -2.23. The van der Waals surface area contributed by atoms with Crippen molar-refractivity contribution in [1.82, 2.24) is 15.1 Å². The molecule has 1 N–H and O–H groups in total. The van der Waals surface area contributed by atoms with E-state index in [4.69, 9.17) is 14.2 Å². The number of hydrogen-bond donors (Lipinski definition) is 1. The van der Waals surface area contributed by atoms with Crippen LogP contribution in [0.2, 0.25) is 0 Å². The molecule has 9 heteroatoms. The molecule has 0 unspecified atom stereocenters. The van der Waals surface area contributed by atoms with Crippen LogP contribution in [0.1, 0.15) is 29.5 Å². The quantitative estimate of drug-likeness (QED) is 0.509. The summed E-state index contributed by atoms with van der Waals surface area (Å²) < 4.78 is 18.2. The van der Waals surface area contributed by atoms with Crippen LogP contribution in [-0.2, 0) is 34.0 Å². The molecule has 9 nitrogen and oxygen atoms in total. The number of benzene rings is 3. The third-order valence-electron chi connectivity index (χ3n) is 8.10. The second kappa shape index (κ2) is 12.5. The maximum absolute atomic E-state index is 13.1. The number of likely N-dealkylation sites (tertiary alicyclic amines) is 1. The van der Waals surface area contributed by atoms with Gasteiger partial charge in [0, 0.05) is 44.8 Å². The van der Waals surface area contributed by atoms with Crippen molar-refractivity contribution in [3.63, 3.8) is 0 Å². The molecule has 3 aromatic carbocycles. The first-order valence-corrected chi connectivity index (χ1v) is 14.6. The summed E-state index contributed by atoms with van der Waals surface area (Å²) in [5, 5.41) is 3.25. The van der Waals surface area contributed by atoms with Crippen molar-refractivity contribution in [3.8, 4) is 17.2 Å². The molecule has 3 aliphatic rings. The van der Waals surface area contributed by atoms with E-state index >= 15 is 0 Å². The molecule has 2 atom stereocenters. The van der Waals surface area contributed by atoms with Crippen molar-refractivity contribution in [2.75, 3.05) is 45.2 Å². The fourth-order valence-electron chi connectivity index (χ4n) is 6.04. The topological polar surface area (TPSA) is 83.6 Å². The van der Waals surface area contributed by atoms with Gasteiger partial charge < -0.3 is 24.4 Å². The minimum atomic E-state index is -0.161. The molecule has 4 bridgehead atoms. The Morgan fingerprint density at radius 2 is 1.83 bits per heavy atom. The minimum Gasteiger partial charge on any atom is -0.493 e. The largest absolute Gasteiger partial charge is 0.493 e. The highest BCUT2D eigenvalue weighted by atomic mass is 16.5. The summed E-state index contributed by atoms with van der Waals surface area (Å²) in [5.74, 6) is 2.15. The molecule has 0 aromatic heterocycles. The van der Waals surface area contributed by atoms with Crippen LogP contribution in [-0.4, -0.2) is 74.1 Å². The standard InChI is InChI=1S/C33H38N4O5/c1-35-17-24-10-13-29(40-2)30(16-24)42-27-6-3-5-25(15-27)22-41-31-20-36(19-28(31)34-32(38)21-35)18-23-8-11-26(12-9-23)37-14-4-7-33(37)39/h3,5-6,8-13,15-16,28,31H,4,7,14,17-22H2,1-2H3,(H,34,38)/t28-,31-/m0/s1. The monoisotopic (exact) mass is 570 g/mol. The maximum atomic E-state index is 13.1. The van der Waals surface area contributed by atoms with Crippen molar-refractivity contribution in [2.24, 2.45) is 0 Å². The summed E-state index contributed by atoms with van der Waals surface area (Å²) in [6, 6.07) is 21.9. The lowest BCUT2D eigenvalue weighted by Crippen LogP contribution is -2.47. The number of anilines is 1. The average molecular weight is 571 g/mol. The van der Waals surface area contributed by atoms with Crippen LogP contribution in [0.3, 0.4) is 0 Å². The fraction of sp³-hybridized carbons (Fsp3) is 0.394. The smallest absolute Gasteiger partial charge is 0.234 e. The minimum absolute atomic E-state index is 0.0309. The predicted molar refractivity (Wildman–Crippen MR) is 160 cm³/mol. The normalized spacial score (nSPS) is 22.0. The lowest BCUT2D eigenvalue weighted by atomic mass is 10.1. The molecule has 3 aromatic rings. The summed E-state index contributed by atoms with van der Waals surface area (Å²) in [6.45, 7) is 4.17. The fourth-order valence-corrected chi connectivity index (χ4v) is 6.04. The van der Waals surface area contributed by atoms with Crippen molar-refractivity contribution >= 4 is 17.5 Å². The molecular formula is C33H38N4O5. The molecule has 3 heterocycles. The van der Waals surface area contributed by atoms with Gasteiger partial charge in [-0.3, -0.25) is 19.4 Å². The number of fused-ring (bicyclic) bond motifs is 5. The Hall–Kier alpha value is -3.92. The average Bonchev–Trinajstić information content (AvgIpc) is 3.57. The van der Waals surface area contributed by atoms with Crippen molar-refractivity contribution in [3.05, 3.63) is 83.4 Å². The summed E-state index contributed by atoms with van der Waals surface area (Å²) in [6.07, 6.45) is 1.38. The van der Waals surface area contributed by atoms with E-state index in [0.717, 1.165) is 41.9 Å². The number of amides is 2. The first-order valence-electron chi connectivity index (χ1n) is 14.6. The third kappa shape index (κ3) is 6.59. The number of hydrogen-bond acceptors (Lipinski definition) is 7. The molecular weight excluding hydrogens is 532 g/mol. The Labute approximate surface area is 246 Å². The van der Waals surface area contributed by atoms with Gasteiger partial charge in [0.15, 0.2) is 11.5 Å². The number of ether oxygens (including phenoxy) is 3. The zero-order valence-corrected chi connectivity index (χ0v) is 24.3. The second-order valence-electron chi connectivity index (χ2n) is 11.4. The number of rotatable bonds is 4. The van der Waals surface area contributed by atoms with Gasteiger partial charge in [0.25, 0.3) is 0 Å². The first-order chi connectivity index (χ1) is 20.4. The van der Waals surface area contributed by atoms with Crippen LogP contribution in [0.25, 0.3) is 0 Å². The number of nitrogens with one attached hydrogen (secondary N) is 1. The molecule has 2 amide bonds. The molecule has 2 fully saturated rings. The van der Waals surface area contributed by atoms with Crippen LogP contribution >= 0.6 is 0 Å². The SMILES string of the molecule is COc1ccc2cc1Oc1cccc(c1)CO[C@H]1CN(Cc3ccc(N4CCCC4=O)cc3)C[C@@H]1NC(=O)CN(C)C2. The van der Waals surface area contributed by atoms with Gasteiger partial charge in [-0.1, -0.05) is 30.3 Å². The Morgan fingerprint density at radius 3 is 2.62 bits per heavy atom. The van der Waals surface area contributed by atoms with E-state index in [2.05, 4.69) is 22.3 Å². The van der Waals surface area contributed by atoms with E-state index in [9.17, 15) is 9.59 Å². The highest BCUT2D eigenvalue weighted by Gasteiger charge is 2.35. The first kappa shape index (κ1) is 28.2. The van der Waals surface area contributed by atoms with E-state index in [1.54, 1.807) is 7.11 Å². The van der Waals surface area contributed by atoms with Gasteiger partial charge in [-0.2, -0.15) is 0 Å². The van der Waals surface area contributed by atoms with Gasteiger partial charge in [0.1, 0.15) is 5.75 Å². The summed E-state index contributed by atoms with van der Waals surface area (Å²) in [7, 11) is 3.56. The van der Waals surface area contributed by atoms with Crippen molar-refractivity contribution < 1.29 is 23.8 Å². The second-order valence-corrected chi connectivity index (χ2v) is 11.4. The van der Waals surface area contributed by atoms with Crippen LogP contribution in [0.5, 0.6) is 17.2 Å². The molecule has 42 heavy (non-hydrogen) atoms. The molecule has 0 aliphatic carbocycles. The molecule has 220 valence electrons. The van der Waals surface area contributed by atoms with E-state index < -0.39 is 0 Å². The van der Waals surface area contributed by atoms with Crippen LogP contribution < -0.4 is 19.7 Å². The summed E-state index contributed by atoms with van der Waals surface area (Å²) >= 11 is 0. The molecule has 6 rings (SSSR count). The van der Waals surface area contributed by atoms with Crippen LogP contribution in [0, 0.1) is 0 Å². The van der Waals surface area contributed by atoms with Crippen molar-refractivity contribution in [2.45, 2.75) is 44.7 Å².